The van der Waals surface area contributed by atoms with E-state index in [-0.39, 0.29) is 17.1 Å². The maximum Gasteiger partial charge on any atom is 0.262 e. The van der Waals surface area contributed by atoms with Gasteiger partial charge in [-0.1, -0.05) is 49.0 Å². The molecule has 3 heterocycles. The molecule has 0 aliphatic carbocycles. The summed E-state index contributed by atoms with van der Waals surface area (Å²) in [5, 5.41) is 9.87. The van der Waals surface area contributed by atoms with E-state index >= 15 is 0 Å². The Morgan fingerprint density at radius 1 is 1.00 bits per heavy atom. The van der Waals surface area contributed by atoms with Crippen molar-refractivity contribution in [1.29, 1.82) is 0 Å². The molecule has 0 saturated carbocycles. The highest BCUT2D eigenvalue weighted by Crippen LogP contribution is 2.25. The summed E-state index contributed by atoms with van der Waals surface area (Å²) in [5.41, 5.74) is 4.35. The zero-order chi connectivity index (χ0) is 23.8. The van der Waals surface area contributed by atoms with Crippen molar-refractivity contribution in [2.75, 3.05) is 5.75 Å². The van der Waals surface area contributed by atoms with Crippen LogP contribution in [0.25, 0.3) is 22.4 Å². The normalized spacial score (nSPS) is 11.5. The molecule has 0 amide bonds. The lowest BCUT2D eigenvalue weighted by atomic mass is 10.2. The number of Topliss-reactive ketones (excluding diaryl/α,β-unsaturated/α-hetero) is 1. The van der Waals surface area contributed by atoms with E-state index in [4.69, 9.17) is 0 Å². The average Bonchev–Trinajstić information content (AvgIpc) is 3.41. The molecule has 0 fully saturated rings. The third-order valence-electron chi connectivity index (χ3n) is 6.00. The molecule has 0 unspecified atom stereocenters. The fourth-order valence-corrected chi connectivity index (χ4v) is 5.30. The Morgan fingerprint density at radius 3 is 2.50 bits per heavy atom. The summed E-state index contributed by atoms with van der Waals surface area (Å²) in [6.45, 7) is 6.56. The van der Waals surface area contributed by atoms with Crippen LogP contribution in [0.3, 0.4) is 0 Å². The Balaban J connectivity index is 1.50. The summed E-state index contributed by atoms with van der Waals surface area (Å²) in [6.07, 6.45) is 0.804. The number of para-hydroxylation sites is 2. The monoisotopic (exact) mass is 471 g/mol. The van der Waals surface area contributed by atoms with Gasteiger partial charge in [0.15, 0.2) is 10.9 Å². The van der Waals surface area contributed by atoms with Crippen molar-refractivity contribution in [3.63, 3.8) is 0 Å². The zero-order valence-corrected chi connectivity index (χ0v) is 20.2. The number of carbonyl (C=O) groups excluding carboxylic acids is 1. The number of hydrogen-bond donors (Lipinski definition) is 0. The number of carbonyl (C=O) groups is 1. The molecule has 0 radical (unpaired) electrons. The molecule has 8 heteroatoms. The first-order chi connectivity index (χ1) is 16.5. The Morgan fingerprint density at radius 2 is 1.74 bits per heavy atom. The molecular weight excluding hydrogens is 446 g/mol. The van der Waals surface area contributed by atoms with Gasteiger partial charge in [-0.05, 0) is 50.6 Å². The Bertz CT molecular complexity index is 1580. The van der Waals surface area contributed by atoms with Gasteiger partial charge in [0.25, 0.3) is 5.56 Å². The number of ketones is 1. The molecule has 0 N–H and O–H groups in total. The van der Waals surface area contributed by atoms with E-state index in [1.54, 1.807) is 4.57 Å². The number of rotatable bonds is 7. The summed E-state index contributed by atoms with van der Waals surface area (Å²) >= 11 is 1.34. The van der Waals surface area contributed by atoms with Gasteiger partial charge in [0.1, 0.15) is 0 Å². The van der Waals surface area contributed by atoms with Crippen molar-refractivity contribution in [2.24, 2.45) is 0 Å². The van der Waals surface area contributed by atoms with Gasteiger partial charge in [-0.3, -0.25) is 18.6 Å². The van der Waals surface area contributed by atoms with Crippen LogP contribution in [0.2, 0.25) is 0 Å². The largest absolute Gasteiger partial charge is 0.318 e. The minimum absolute atomic E-state index is 0.0308. The Labute approximate surface area is 201 Å². The molecule has 5 rings (SSSR count). The summed E-state index contributed by atoms with van der Waals surface area (Å²) in [7, 11) is 0. The molecule has 2 aromatic carbocycles. The van der Waals surface area contributed by atoms with Crippen LogP contribution in [0.4, 0.5) is 0 Å². The highest BCUT2D eigenvalue weighted by molar-refractivity contribution is 7.99. The fraction of sp³-hybridized carbons (Fsp3) is 0.231. The molecule has 5 aromatic rings. The average molecular weight is 472 g/mol. The van der Waals surface area contributed by atoms with Gasteiger partial charge in [-0.2, -0.15) is 0 Å². The number of aryl methyl sites for hydroxylation is 2. The topological polar surface area (TPSA) is 74.2 Å². The first-order valence-corrected chi connectivity index (χ1v) is 12.3. The minimum atomic E-state index is -0.0710. The van der Waals surface area contributed by atoms with Crippen molar-refractivity contribution in [2.45, 2.75) is 38.9 Å². The number of hydrogen-bond acceptors (Lipinski definition) is 5. The standard InChI is InChI=1S/C26H25N5O2S/c1-4-14-29-24(33)20-12-8-9-13-22(20)31-25(29)27-28-26(31)34-16-23(32)21-15-17(2)30(18(21)3)19-10-6-5-7-11-19/h5-13,15H,4,14,16H2,1-3H3. The number of benzene rings is 2. The second-order valence-corrected chi connectivity index (χ2v) is 9.20. The molecule has 0 saturated heterocycles. The molecule has 0 atom stereocenters. The molecule has 172 valence electrons. The van der Waals surface area contributed by atoms with Gasteiger partial charge in [-0.25, -0.2) is 0 Å². The van der Waals surface area contributed by atoms with Gasteiger partial charge in [0, 0.05) is 29.2 Å². The van der Waals surface area contributed by atoms with Crippen molar-refractivity contribution in [1.82, 2.24) is 23.7 Å². The predicted molar refractivity (Wildman–Crippen MR) is 135 cm³/mol. The third-order valence-corrected chi connectivity index (χ3v) is 6.93. The van der Waals surface area contributed by atoms with Crippen LogP contribution in [-0.4, -0.2) is 35.3 Å². The van der Waals surface area contributed by atoms with Crippen LogP contribution in [0.15, 0.2) is 70.6 Å². The molecule has 34 heavy (non-hydrogen) atoms. The van der Waals surface area contributed by atoms with Crippen molar-refractivity contribution >= 4 is 34.2 Å². The van der Waals surface area contributed by atoms with E-state index in [1.807, 2.05) is 85.8 Å². The summed E-state index contributed by atoms with van der Waals surface area (Å²) in [4.78, 5) is 26.2. The summed E-state index contributed by atoms with van der Waals surface area (Å²) in [6, 6.07) is 19.4. The Hall–Kier alpha value is -3.65. The quantitative estimate of drug-likeness (QED) is 0.251. The smallest absolute Gasteiger partial charge is 0.262 e. The summed E-state index contributed by atoms with van der Waals surface area (Å²) in [5.74, 6) is 0.757. The van der Waals surface area contributed by atoms with E-state index in [2.05, 4.69) is 14.8 Å². The lowest BCUT2D eigenvalue weighted by molar-refractivity contribution is 0.102. The number of nitrogens with zero attached hydrogens (tertiary/aromatic N) is 5. The Kier molecular flexibility index (Phi) is 5.83. The van der Waals surface area contributed by atoms with E-state index in [9.17, 15) is 9.59 Å². The van der Waals surface area contributed by atoms with Crippen LogP contribution < -0.4 is 5.56 Å². The van der Waals surface area contributed by atoms with Gasteiger partial charge < -0.3 is 4.57 Å². The molecule has 7 nitrogen and oxygen atoms in total. The van der Waals surface area contributed by atoms with Crippen LogP contribution in [0.1, 0.15) is 35.1 Å². The second kappa shape index (κ2) is 8.95. The van der Waals surface area contributed by atoms with E-state index in [1.165, 1.54) is 11.8 Å². The maximum absolute atomic E-state index is 13.2. The molecule has 0 aliphatic rings. The number of fused-ring (bicyclic) bond motifs is 3. The molecule has 3 aromatic heterocycles. The number of thioether (sulfide) groups is 1. The van der Waals surface area contributed by atoms with Gasteiger partial charge in [0.2, 0.25) is 5.78 Å². The minimum Gasteiger partial charge on any atom is -0.318 e. The highest BCUT2D eigenvalue weighted by Gasteiger charge is 2.20. The van der Waals surface area contributed by atoms with Crippen LogP contribution in [0.5, 0.6) is 0 Å². The van der Waals surface area contributed by atoms with E-state index in [0.29, 0.717) is 28.4 Å². The molecule has 0 bridgehead atoms. The SMILES string of the molecule is CCCn1c(=O)c2ccccc2n2c(SCC(=O)c3cc(C)n(-c4ccccc4)c3C)nnc12. The van der Waals surface area contributed by atoms with Crippen LogP contribution in [0, 0.1) is 13.8 Å². The van der Waals surface area contributed by atoms with Crippen LogP contribution in [-0.2, 0) is 6.54 Å². The highest BCUT2D eigenvalue weighted by atomic mass is 32.2. The first kappa shape index (κ1) is 22.2. The van der Waals surface area contributed by atoms with Crippen molar-refractivity contribution < 1.29 is 4.79 Å². The van der Waals surface area contributed by atoms with Gasteiger partial charge in [0.05, 0.1) is 16.7 Å². The second-order valence-electron chi connectivity index (χ2n) is 8.26. The summed E-state index contributed by atoms with van der Waals surface area (Å²) < 4.78 is 5.65. The van der Waals surface area contributed by atoms with Gasteiger partial charge >= 0.3 is 0 Å². The predicted octanol–water partition coefficient (Wildman–Crippen LogP) is 4.84. The lowest BCUT2D eigenvalue weighted by Gasteiger charge is -2.10. The van der Waals surface area contributed by atoms with Crippen molar-refractivity contribution in [3.05, 3.63) is 88.0 Å². The lowest BCUT2D eigenvalue weighted by Crippen LogP contribution is -2.23. The molecular formula is C26H25N5O2S. The third kappa shape index (κ3) is 3.64. The van der Waals surface area contributed by atoms with Crippen LogP contribution >= 0.6 is 11.8 Å². The first-order valence-electron chi connectivity index (χ1n) is 11.3. The molecule has 0 aliphatic heterocycles. The molecule has 0 spiro atoms. The van der Waals surface area contributed by atoms with Crippen molar-refractivity contribution in [3.8, 4) is 5.69 Å². The van der Waals surface area contributed by atoms with E-state index < -0.39 is 0 Å². The maximum atomic E-state index is 13.2. The van der Waals surface area contributed by atoms with Gasteiger partial charge in [-0.15, -0.1) is 10.2 Å². The van der Waals surface area contributed by atoms with E-state index in [0.717, 1.165) is 29.0 Å². The number of aromatic nitrogens is 5. The fourth-order valence-electron chi connectivity index (χ4n) is 4.48. The zero-order valence-electron chi connectivity index (χ0n) is 19.4.